The number of aryl methyl sites for hydroxylation is 1. The molecule has 8 heteroatoms. The maximum Gasteiger partial charge on any atom is 0.328 e. The number of nitrogens with zero attached hydrogens (tertiary/aromatic N) is 1. The van der Waals surface area contributed by atoms with Crippen molar-refractivity contribution in [1.82, 2.24) is 10.2 Å². The summed E-state index contributed by atoms with van der Waals surface area (Å²) in [5.74, 6) is -0.949. The molecule has 1 atom stereocenters. The highest BCUT2D eigenvalue weighted by Gasteiger charge is 2.28. The molecule has 1 saturated heterocycles. The van der Waals surface area contributed by atoms with Crippen molar-refractivity contribution in [3.8, 4) is 0 Å². The molecule has 2 amide bonds. The number of esters is 1. The molecule has 0 aliphatic carbocycles. The Morgan fingerprint density at radius 2 is 1.96 bits per heavy atom. The van der Waals surface area contributed by atoms with E-state index in [4.69, 9.17) is 11.6 Å². The van der Waals surface area contributed by atoms with Crippen LogP contribution < -0.4 is 5.32 Å². The van der Waals surface area contributed by atoms with Crippen LogP contribution in [0, 0.1) is 16.4 Å². The molecule has 1 aromatic carbocycles. The summed E-state index contributed by atoms with van der Waals surface area (Å²) >= 11 is 8.33. The molecule has 0 bridgehead atoms. The average Bonchev–Trinajstić information content (AvgIpc) is 2.68. The zero-order chi connectivity index (χ0) is 20.8. The molecule has 0 unspecified atom stereocenters. The molecular formula is C20H24ClIN2O4. The van der Waals surface area contributed by atoms with Crippen LogP contribution in [0.3, 0.4) is 0 Å². The molecule has 1 aliphatic rings. The number of likely N-dealkylation sites (tertiary alicyclic amines) is 1. The van der Waals surface area contributed by atoms with E-state index in [9.17, 15) is 14.4 Å². The number of benzene rings is 1. The van der Waals surface area contributed by atoms with E-state index < -0.39 is 12.0 Å². The predicted molar refractivity (Wildman–Crippen MR) is 117 cm³/mol. The van der Waals surface area contributed by atoms with E-state index in [1.54, 1.807) is 24.0 Å². The van der Waals surface area contributed by atoms with Crippen LogP contribution >= 0.6 is 34.2 Å². The normalized spacial score (nSPS) is 16.1. The number of hydrogen-bond donors (Lipinski definition) is 1. The second kappa shape index (κ2) is 10.2. The fourth-order valence-corrected chi connectivity index (χ4v) is 3.83. The maximum absolute atomic E-state index is 12.5. The van der Waals surface area contributed by atoms with Crippen LogP contribution in [0.25, 0.3) is 6.08 Å². The Bertz CT molecular complexity index is 789. The van der Waals surface area contributed by atoms with Gasteiger partial charge in [0.2, 0.25) is 11.8 Å². The second-order valence-corrected chi connectivity index (χ2v) is 8.38. The average molecular weight is 519 g/mol. The molecule has 6 nitrogen and oxygen atoms in total. The Morgan fingerprint density at radius 3 is 2.57 bits per heavy atom. The third-order valence-electron chi connectivity index (χ3n) is 4.81. The van der Waals surface area contributed by atoms with Crippen molar-refractivity contribution in [2.45, 2.75) is 32.7 Å². The minimum Gasteiger partial charge on any atom is -0.467 e. The van der Waals surface area contributed by atoms with Crippen molar-refractivity contribution in [3.63, 3.8) is 0 Å². The quantitative estimate of drug-likeness (QED) is 0.369. The third-order valence-corrected chi connectivity index (χ3v) is 6.33. The largest absolute Gasteiger partial charge is 0.467 e. The van der Waals surface area contributed by atoms with E-state index in [-0.39, 0.29) is 17.7 Å². The van der Waals surface area contributed by atoms with Gasteiger partial charge in [-0.25, -0.2) is 4.79 Å². The number of carbonyl (C=O) groups excluding carboxylic acids is 3. The molecule has 2 rings (SSSR count). The van der Waals surface area contributed by atoms with Crippen LogP contribution in [0.4, 0.5) is 0 Å². The molecule has 0 saturated carbocycles. The van der Waals surface area contributed by atoms with Crippen LogP contribution in [0.5, 0.6) is 0 Å². The predicted octanol–water partition coefficient (Wildman–Crippen LogP) is 3.18. The van der Waals surface area contributed by atoms with Crippen molar-refractivity contribution in [2.24, 2.45) is 5.92 Å². The minimum atomic E-state index is -0.677. The number of halogens is 2. The minimum absolute atomic E-state index is 0.0872. The SMILES string of the molecule is COC(=O)[C@H](C)NC(=O)C1CCN(C(=O)/C=C/c2cc(Cl)c(I)cc2C)CC1. The first-order chi connectivity index (χ1) is 13.2. The smallest absolute Gasteiger partial charge is 0.328 e. The highest BCUT2D eigenvalue weighted by atomic mass is 127. The molecule has 1 heterocycles. The lowest BCUT2D eigenvalue weighted by Crippen LogP contribution is -2.46. The molecule has 1 aliphatic heterocycles. The lowest BCUT2D eigenvalue weighted by molar-refractivity contribution is -0.145. The Labute approximate surface area is 183 Å². The number of hydrogen-bond acceptors (Lipinski definition) is 4. The molecule has 152 valence electrons. The Morgan fingerprint density at radius 1 is 1.32 bits per heavy atom. The summed E-state index contributed by atoms with van der Waals surface area (Å²) in [5.41, 5.74) is 1.96. The Hall–Kier alpha value is -1.61. The zero-order valence-electron chi connectivity index (χ0n) is 16.1. The summed E-state index contributed by atoms with van der Waals surface area (Å²) in [6.45, 7) is 4.56. The van der Waals surface area contributed by atoms with E-state index in [1.165, 1.54) is 7.11 Å². The van der Waals surface area contributed by atoms with Crippen LogP contribution in [0.2, 0.25) is 5.02 Å². The number of methoxy groups -OCH3 is 1. The van der Waals surface area contributed by atoms with Gasteiger partial charge in [-0.3, -0.25) is 9.59 Å². The molecule has 0 spiro atoms. The highest BCUT2D eigenvalue weighted by molar-refractivity contribution is 14.1. The first kappa shape index (κ1) is 22.7. The molecule has 0 radical (unpaired) electrons. The molecular weight excluding hydrogens is 495 g/mol. The van der Waals surface area contributed by atoms with E-state index in [0.29, 0.717) is 31.0 Å². The summed E-state index contributed by atoms with van der Waals surface area (Å²) in [6, 6.07) is 3.15. The molecule has 1 N–H and O–H groups in total. The van der Waals surface area contributed by atoms with Gasteiger partial charge in [-0.1, -0.05) is 11.6 Å². The van der Waals surface area contributed by atoms with Crippen molar-refractivity contribution in [3.05, 3.63) is 37.9 Å². The Balaban J connectivity index is 1.89. The fraction of sp³-hybridized carbons (Fsp3) is 0.450. The van der Waals surface area contributed by atoms with E-state index in [1.807, 2.05) is 19.1 Å². The maximum atomic E-state index is 12.5. The molecule has 1 fully saturated rings. The van der Waals surface area contributed by atoms with E-state index >= 15 is 0 Å². The highest BCUT2D eigenvalue weighted by Crippen LogP contribution is 2.24. The first-order valence-corrected chi connectivity index (χ1v) is 10.5. The number of piperidine rings is 1. The zero-order valence-corrected chi connectivity index (χ0v) is 19.0. The van der Waals surface area contributed by atoms with Crippen LogP contribution in [-0.4, -0.2) is 48.9 Å². The van der Waals surface area contributed by atoms with Gasteiger partial charge in [-0.05, 0) is 78.6 Å². The van der Waals surface area contributed by atoms with Gasteiger partial charge in [0.1, 0.15) is 6.04 Å². The van der Waals surface area contributed by atoms with Crippen molar-refractivity contribution in [2.75, 3.05) is 20.2 Å². The summed E-state index contributed by atoms with van der Waals surface area (Å²) < 4.78 is 5.59. The van der Waals surface area contributed by atoms with E-state index in [2.05, 4.69) is 32.6 Å². The first-order valence-electron chi connectivity index (χ1n) is 9.03. The number of amides is 2. The van der Waals surface area contributed by atoms with Gasteiger partial charge in [0, 0.05) is 28.7 Å². The standard InChI is InChI=1S/C20H24ClIN2O4/c1-12-10-17(22)16(21)11-15(12)4-5-18(25)24-8-6-14(7-9-24)19(26)23-13(2)20(27)28-3/h4-5,10-11,13-14H,6-9H2,1-3H3,(H,23,26)/b5-4+/t13-/m0/s1. The second-order valence-electron chi connectivity index (χ2n) is 6.81. The van der Waals surface area contributed by atoms with Gasteiger partial charge in [0.15, 0.2) is 0 Å². The Kier molecular flexibility index (Phi) is 8.30. The van der Waals surface area contributed by atoms with Crippen molar-refractivity contribution in [1.29, 1.82) is 0 Å². The molecule has 0 aromatic heterocycles. The third kappa shape index (κ3) is 5.94. The van der Waals surface area contributed by atoms with Gasteiger partial charge < -0.3 is 15.0 Å². The van der Waals surface area contributed by atoms with Gasteiger partial charge in [0.05, 0.1) is 12.1 Å². The van der Waals surface area contributed by atoms with Crippen LogP contribution in [0.15, 0.2) is 18.2 Å². The van der Waals surface area contributed by atoms with Gasteiger partial charge in [-0.2, -0.15) is 0 Å². The van der Waals surface area contributed by atoms with Gasteiger partial charge >= 0.3 is 5.97 Å². The fourth-order valence-electron chi connectivity index (χ4n) is 3.04. The summed E-state index contributed by atoms with van der Waals surface area (Å²) in [6.07, 6.45) is 4.45. The van der Waals surface area contributed by atoms with Gasteiger partial charge in [-0.15, -0.1) is 0 Å². The monoisotopic (exact) mass is 518 g/mol. The van der Waals surface area contributed by atoms with Crippen LogP contribution in [-0.2, 0) is 19.1 Å². The number of ether oxygens (including phenoxy) is 1. The number of carbonyl (C=O) groups is 3. The van der Waals surface area contributed by atoms with Crippen LogP contribution in [0.1, 0.15) is 30.9 Å². The summed E-state index contributed by atoms with van der Waals surface area (Å²) in [4.78, 5) is 37.9. The molecule has 1 aromatic rings. The van der Waals surface area contributed by atoms with Gasteiger partial charge in [0.25, 0.3) is 0 Å². The topological polar surface area (TPSA) is 75.7 Å². The molecule has 28 heavy (non-hydrogen) atoms. The number of nitrogens with one attached hydrogen (secondary N) is 1. The summed E-state index contributed by atoms with van der Waals surface area (Å²) in [7, 11) is 1.29. The lowest BCUT2D eigenvalue weighted by Gasteiger charge is -2.31. The summed E-state index contributed by atoms with van der Waals surface area (Å²) in [5, 5.41) is 3.32. The van der Waals surface area contributed by atoms with Crippen molar-refractivity contribution < 1.29 is 19.1 Å². The number of rotatable bonds is 5. The van der Waals surface area contributed by atoms with Crippen molar-refractivity contribution >= 4 is 58.1 Å². The lowest BCUT2D eigenvalue weighted by atomic mass is 9.95. The van der Waals surface area contributed by atoms with E-state index in [0.717, 1.165) is 14.7 Å².